The number of nitrogens with zero attached hydrogens (tertiary/aromatic N) is 3. The summed E-state index contributed by atoms with van der Waals surface area (Å²) in [5, 5.41) is 16.5. The van der Waals surface area contributed by atoms with Crippen molar-refractivity contribution in [3.8, 4) is 17.0 Å². The minimum Gasteiger partial charge on any atom is -0.508 e. The highest BCUT2D eigenvalue weighted by Crippen LogP contribution is 2.28. The molecule has 0 spiro atoms. The zero-order chi connectivity index (χ0) is 18.5. The molecule has 6 heteroatoms. The molecular formula is C20H20BrN3OS. The Bertz CT molecular complexity index is 987. The van der Waals surface area contributed by atoms with Crippen LogP contribution in [0, 0.1) is 0 Å². The minimum atomic E-state index is 0.253. The molecule has 0 bridgehead atoms. The molecule has 0 amide bonds. The Hall–Kier alpha value is -2.18. The summed E-state index contributed by atoms with van der Waals surface area (Å²) >= 11 is 5.22. The lowest BCUT2D eigenvalue weighted by Crippen LogP contribution is -2.15. The van der Waals surface area contributed by atoms with Crippen LogP contribution in [0.2, 0.25) is 0 Å². The number of rotatable bonds is 5. The Morgan fingerprint density at radius 3 is 2.50 bits per heavy atom. The Labute approximate surface area is 165 Å². The summed E-state index contributed by atoms with van der Waals surface area (Å²) in [6.45, 7) is 4.80. The van der Waals surface area contributed by atoms with Gasteiger partial charge in [0.05, 0.1) is 11.4 Å². The number of benzene rings is 2. The van der Waals surface area contributed by atoms with Gasteiger partial charge in [0.25, 0.3) is 0 Å². The Morgan fingerprint density at radius 2 is 1.85 bits per heavy atom. The second-order valence-corrected chi connectivity index (χ2v) is 7.31. The summed E-state index contributed by atoms with van der Waals surface area (Å²) in [5.74, 6) is 0.253. The Balaban J connectivity index is 2.19. The maximum Gasteiger partial charge on any atom is 0.206 e. The summed E-state index contributed by atoms with van der Waals surface area (Å²) < 4.78 is 2.94. The third kappa shape index (κ3) is 3.97. The quantitative estimate of drug-likeness (QED) is 0.551. The van der Waals surface area contributed by atoms with Crippen LogP contribution < -0.4 is 4.80 Å². The maximum absolute atomic E-state index is 9.54. The number of aromatic nitrogens is 1. The summed E-state index contributed by atoms with van der Waals surface area (Å²) in [5.41, 5.74) is 4.00. The van der Waals surface area contributed by atoms with E-state index in [0.717, 1.165) is 38.2 Å². The van der Waals surface area contributed by atoms with Gasteiger partial charge in [0.2, 0.25) is 4.80 Å². The van der Waals surface area contributed by atoms with E-state index in [1.807, 2.05) is 41.9 Å². The molecule has 0 saturated carbocycles. The van der Waals surface area contributed by atoms with Gasteiger partial charge in [0.15, 0.2) is 0 Å². The summed E-state index contributed by atoms with van der Waals surface area (Å²) in [4.78, 5) is 5.46. The predicted molar refractivity (Wildman–Crippen MR) is 112 cm³/mol. The largest absolute Gasteiger partial charge is 0.508 e. The molecule has 0 aliphatic heterocycles. The van der Waals surface area contributed by atoms with E-state index in [0.29, 0.717) is 6.54 Å². The van der Waals surface area contributed by atoms with Crippen molar-refractivity contribution in [1.82, 2.24) is 4.68 Å². The highest BCUT2D eigenvalue weighted by Gasteiger charge is 2.12. The van der Waals surface area contributed by atoms with Crippen molar-refractivity contribution in [2.45, 2.75) is 20.3 Å². The van der Waals surface area contributed by atoms with E-state index in [-0.39, 0.29) is 5.75 Å². The molecule has 1 aromatic heterocycles. The van der Waals surface area contributed by atoms with Crippen LogP contribution in [-0.4, -0.2) is 22.0 Å². The standard InChI is InChI=1S/C20H20BrN3OS/c1-3-18(14-9-11-15(25)12-10-14)23-24-19(13-26-20(24)22-4-2)16-7-5-6-8-17(16)21/h5-13,25H,3-4H2,1-2H3. The Morgan fingerprint density at radius 1 is 1.12 bits per heavy atom. The predicted octanol–water partition coefficient (Wildman–Crippen LogP) is 5.27. The van der Waals surface area contributed by atoms with Gasteiger partial charge in [-0.15, -0.1) is 11.3 Å². The summed E-state index contributed by atoms with van der Waals surface area (Å²) in [6, 6.07) is 15.3. The monoisotopic (exact) mass is 429 g/mol. The normalized spacial score (nSPS) is 12.6. The van der Waals surface area contributed by atoms with Crippen LogP contribution in [-0.2, 0) is 0 Å². The van der Waals surface area contributed by atoms with E-state index in [2.05, 4.69) is 39.3 Å². The first-order valence-corrected chi connectivity index (χ1v) is 10.1. The van der Waals surface area contributed by atoms with Crippen LogP contribution in [0.25, 0.3) is 11.3 Å². The molecule has 26 heavy (non-hydrogen) atoms. The van der Waals surface area contributed by atoms with Gasteiger partial charge in [-0.3, -0.25) is 4.99 Å². The molecule has 1 heterocycles. The van der Waals surface area contributed by atoms with E-state index in [9.17, 15) is 5.11 Å². The molecule has 4 nitrogen and oxygen atoms in total. The second kappa shape index (κ2) is 8.47. The first kappa shape index (κ1) is 18.6. The molecule has 3 rings (SSSR count). The van der Waals surface area contributed by atoms with Crippen LogP contribution in [0.1, 0.15) is 25.8 Å². The molecular weight excluding hydrogens is 410 g/mol. The number of phenolic OH excluding ortho intramolecular Hbond substituents is 1. The van der Waals surface area contributed by atoms with Gasteiger partial charge in [0, 0.05) is 22.0 Å². The van der Waals surface area contributed by atoms with Gasteiger partial charge in [-0.2, -0.15) is 5.10 Å². The molecule has 0 saturated heterocycles. The van der Waals surface area contributed by atoms with E-state index >= 15 is 0 Å². The van der Waals surface area contributed by atoms with Crippen molar-refractivity contribution >= 4 is 33.0 Å². The van der Waals surface area contributed by atoms with Crippen LogP contribution in [0.5, 0.6) is 5.75 Å². The van der Waals surface area contributed by atoms with Crippen molar-refractivity contribution in [3.05, 3.63) is 68.7 Å². The van der Waals surface area contributed by atoms with Gasteiger partial charge in [-0.1, -0.05) is 41.1 Å². The molecule has 0 aliphatic carbocycles. The van der Waals surface area contributed by atoms with Crippen molar-refractivity contribution < 1.29 is 5.11 Å². The molecule has 0 fully saturated rings. The average molecular weight is 430 g/mol. The third-order valence-electron chi connectivity index (χ3n) is 3.88. The minimum absolute atomic E-state index is 0.253. The first-order valence-electron chi connectivity index (χ1n) is 8.47. The molecule has 134 valence electrons. The van der Waals surface area contributed by atoms with E-state index < -0.39 is 0 Å². The fourth-order valence-corrected chi connectivity index (χ4v) is 3.98. The number of hydrogen-bond donors (Lipinski definition) is 1. The maximum atomic E-state index is 9.54. The fourth-order valence-electron chi connectivity index (χ4n) is 2.60. The van der Waals surface area contributed by atoms with Crippen LogP contribution in [0.15, 0.2) is 68.5 Å². The molecule has 3 aromatic rings. The molecule has 1 N–H and O–H groups in total. The summed E-state index contributed by atoms with van der Waals surface area (Å²) in [6.07, 6.45) is 0.772. The number of halogens is 1. The molecule has 2 aromatic carbocycles. The molecule has 0 radical (unpaired) electrons. The number of aromatic hydroxyl groups is 1. The number of phenols is 1. The first-order chi connectivity index (χ1) is 12.6. The average Bonchev–Trinajstić information content (AvgIpc) is 3.03. The van der Waals surface area contributed by atoms with Crippen molar-refractivity contribution in [2.24, 2.45) is 10.1 Å². The number of hydrogen-bond acceptors (Lipinski definition) is 4. The highest BCUT2D eigenvalue weighted by atomic mass is 79.9. The van der Waals surface area contributed by atoms with Crippen LogP contribution in [0.4, 0.5) is 0 Å². The highest BCUT2D eigenvalue weighted by molar-refractivity contribution is 9.10. The topological polar surface area (TPSA) is 49.9 Å². The lowest BCUT2D eigenvalue weighted by Gasteiger charge is -2.09. The van der Waals surface area contributed by atoms with Crippen molar-refractivity contribution in [3.63, 3.8) is 0 Å². The van der Waals surface area contributed by atoms with E-state index in [1.165, 1.54) is 0 Å². The van der Waals surface area contributed by atoms with Crippen molar-refractivity contribution in [2.75, 3.05) is 6.54 Å². The molecule has 0 aliphatic rings. The van der Waals surface area contributed by atoms with Gasteiger partial charge >= 0.3 is 0 Å². The lowest BCUT2D eigenvalue weighted by molar-refractivity contribution is 0.475. The fraction of sp³-hybridized carbons (Fsp3) is 0.200. The van der Waals surface area contributed by atoms with E-state index in [1.54, 1.807) is 23.5 Å². The summed E-state index contributed by atoms with van der Waals surface area (Å²) in [7, 11) is 0. The van der Waals surface area contributed by atoms with Gasteiger partial charge in [-0.05, 0) is 49.2 Å². The second-order valence-electron chi connectivity index (χ2n) is 5.62. The van der Waals surface area contributed by atoms with Crippen LogP contribution >= 0.6 is 27.3 Å². The van der Waals surface area contributed by atoms with Gasteiger partial charge in [-0.25, -0.2) is 4.68 Å². The van der Waals surface area contributed by atoms with E-state index in [4.69, 9.17) is 5.10 Å². The zero-order valence-electron chi connectivity index (χ0n) is 14.7. The SMILES string of the molecule is CCN=c1scc(-c2ccccc2Br)n1N=C(CC)c1ccc(O)cc1. The lowest BCUT2D eigenvalue weighted by atomic mass is 10.1. The molecule has 0 atom stereocenters. The van der Waals surface area contributed by atoms with Crippen LogP contribution in [0.3, 0.4) is 0 Å². The zero-order valence-corrected chi connectivity index (χ0v) is 17.1. The smallest absolute Gasteiger partial charge is 0.206 e. The third-order valence-corrected chi connectivity index (χ3v) is 5.43. The van der Waals surface area contributed by atoms with Gasteiger partial charge in [0.1, 0.15) is 5.75 Å². The molecule has 0 unspecified atom stereocenters. The van der Waals surface area contributed by atoms with Gasteiger partial charge < -0.3 is 5.11 Å². The van der Waals surface area contributed by atoms with Crippen molar-refractivity contribution in [1.29, 1.82) is 0 Å². The number of thiazole rings is 1. The Kier molecular flexibility index (Phi) is 6.06.